The molecule has 0 saturated heterocycles. The maximum absolute atomic E-state index is 13.6. The summed E-state index contributed by atoms with van der Waals surface area (Å²) in [6, 6.07) is 17.4. The number of carbonyl (C=O) groups is 2. The van der Waals surface area contributed by atoms with E-state index < -0.39 is 23.5 Å². The maximum Gasteiger partial charge on any atom is 0.294 e. The molecule has 8 heteroatoms. The number of Topliss-reactive ketones (excluding diaryl/α,β-unsaturated/α-hetero) is 1. The minimum Gasteiger partial charge on any atom is -0.503 e. The number of aryl methyl sites for hydroxylation is 1. The zero-order chi connectivity index (χ0) is 24.0. The zero-order valence-electron chi connectivity index (χ0n) is 18.2. The fourth-order valence-corrected chi connectivity index (χ4v) is 4.11. The summed E-state index contributed by atoms with van der Waals surface area (Å²) in [4.78, 5) is 28.1. The van der Waals surface area contributed by atoms with Gasteiger partial charge in [0.15, 0.2) is 22.9 Å². The molecule has 3 heterocycles. The molecule has 0 radical (unpaired) electrons. The molecular formula is C26H18N2O6. The summed E-state index contributed by atoms with van der Waals surface area (Å²) in [5, 5.41) is 20.6. The quantitative estimate of drug-likeness (QED) is 0.422. The molecule has 0 bridgehead atoms. The molecule has 1 unspecified atom stereocenters. The van der Waals surface area contributed by atoms with Gasteiger partial charge in [0.25, 0.3) is 5.91 Å². The summed E-state index contributed by atoms with van der Waals surface area (Å²) in [5.74, 6) is -0.829. The number of hydrogen-bond donors (Lipinski definition) is 1. The van der Waals surface area contributed by atoms with Crippen LogP contribution in [-0.4, -0.2) is 23.9 Å². The van der Waals surface area contributed by atoms with Crippen LogP contribution in [0.3, 0.4) is 0 Å². The van der Waals surface area contributed by atoms with E-state index >= 15 is 0 Å². The van der Waals surface area contributed by atoms with Gasteiger partial charge in [0.2, 0.25) is 5.78 Å². The highest BCUT2D eigenvalue weighted by molar-refractivity contribution is 6.20. The molecule has 4 aromatic rings. The van der Waals surface area contributed by atoms with Gasteiger partial charge >= 0.3 is 0 Å². The van der Waals surface area contributed by atoms with Crippen LogP contribution >= 0.6 is 0 Å². The molecule has 5 rings (SSSR count). The molecule has 0 spiro atoms. The average molecular weight is 454 g/mol. The Morgan fingerprint density at radius 1 is 1.12 bits per heavy atom. The first-order chi connectivity index (χ1) is 16.4. The van der Waals surface area contributed by atoms with Crippen molar-refractivity contribution in [1.82, 2.24) is 0 Å². The number of nitrogens with zero attached hydrogens (tertiary/aromatic N) is 2. The van der Waals surface area contributed by atoms with Crippen LogP contribution in [0.4, 0.5) is 5.69 Å². The molecule has 1 N–H and O–H groups in total. The molecule has 1 aliphatic heterocycles. The van der Waals surface area contributed by atoms with Gasteiger partial charge < -0.3 is 18.7 Å². The van der Waals surface area contributed by atoms with Crippen LogP contribution in [0, 0.1) is 18.3 Å². The number of carbonyl (C=O) groups excluding carboxylic acids is 2. The van der Waals surface area contributed by atoms with Gasteiger partial charge in [-0.15, -0.1) is 0 Å². The fraction of sp³-hybridized carbons (Fsp3) is 0.115. The second-order valence-corrected chi connectivity index (χ2v) is 7.77. The molecule has 0 fully saturated rings. The molecule has 1 atom stereocenters. The summed E-state index contributed by atoms with van der Waals surface area (Å²) >= 11 is 0. The Labute approximate surface area is 193 Å². The Hall–Kier alpha value is -4.77. The minimum atomic E-state index is -1.03. The van der Waals surface area contributed by atoms with Gasteiger partial charge in [-0.25, -0.2) is 0 Å². The first-order valence-electron chi connectivity index (χ1n) is 10.4. The van der Waals surface area contributed by atoms with Crippen LogP contribution in [0.1, 0.15) is 33.7 Å². The first-order valence-corrected chi connectivity index (χ1v) is 10.4. The number of aliphatic hydroxyl groups is 1. The summed E-state index contributed by atoms with van der Waals surface area (Å²) in [6.07, 6.45) is 0. The molecular weight excluding hydrogens is 436 g/mol. The minimum absolute atomic E-state index is 0.0520. The van der Waals surface area contributed by atoms with Crippen LogP contribution in [0.25, 0.3) is 11.0 Å². The predicted molar refractivity (Wildman–Crippen MR) is 122 cm³/mol. The van der Waals surface area contributed by atoms with E-state index in [0.717, 1.165) is 0 Å². The van der Waals surface area contributed by atoms with Gasteiger partial charge in [0.1, 0.15) is 17.6 Å². The number of ketones is 1. The molecule has 8 nitrogen and oxygen atoms in total. The average Bonchev–Trinajstić information content (AvgIpc) is 3.55. The lowest BCUT2D eigenvalue weighted by Crippen LogP contribution is -2.30. The molecule has 0 aliphatic carbocycles. The highest BCUT2D eigenvalue weighted by atomic mass is 16.5. The number of nitriles is 1. The summed E-state index contributed by atoms with van der Waals surface area (Å²) in [5.41, 5.74) is 1.02. The number of benzene rings is 2. The first kappa shape index (κ1) is 21.1. The van der Waals surface area contributed by atoms with Crippen LogP contribution in [0.2, 0.25) is 0 Å². The topological polar surface area (TPSA) is 117 Å². The van der Waals surface area contributed by atoms with E-state index in [1.165, 1.54) is 12.0 Å². The number of aliphatic hydroxyl groups excluding tert-OH is 1. The number of rotatable bonds is 5. The molecule has 2 aromatic carbocycles. The van der Waals surface area contributed by atoms with Gasteiger partial charge in [0, 0.05) is 11.1 Å². The Morgan fingerprint density at radius 3 is 2.53 bits per heavy atom. The lowest BCUT2D eigenvalue weighted by atomic mass is 9.99. The van der Waals surface area contributed by atoms with Crippen molar-refractivity contribution in [3.8, 4) is 11.8 Å². The van der Waals surface area contributed by atoms with Gasteiger partial charge in [-0.1, -0.05) is 12.1 Å². The number of para-hydroxylation sites is 1. The highest BCUT2D eigenvalue weighted by Gasteiger charge is 2.47. The highest BCUT2D eigenvalue weighted by Crippen LogP contribution is 2.43. The van der Waals surface area contributed by atoms with Gasteiger partial charge in [-0.3, -0.25) is 14.5 Å². The van der Waals surface area contributed by atoms with Gasteiger partial charge in [-0.05, 0) is 55.5 Å². The van der Waals surface area contributed by atoms with E-state index in [0.29, 0.717) is 39.5 Å². The SMILES string of the molecule is COc1cccc2cc(C(=O)C3=C(O)C(=O)N(c4ccc(C#N)cc4)C3c3ccc(C)o3)oc12. The van der Waals surface area contributed by atoms with Gasteiger partial charge in [0.05, 0.1) is 24.3 Å². The summed E-state index contributed by atoms with van der Waals surface area (Å²) < 4.78 is 16.9. The standard InChI is InChI=1S/C26H18N2O6/c1-14-6-11-18(33-14)22-21(23(29)20-12-16-4-3-5-19(32-2)25(16)34-20)24(30)26(31)28(22)17-9-7-15(13-27)8-10-17/h3-12,22,30H,1-2H3. The Morgan fingerprint density at radius 2 is 1.88 bits per heavy atom. The zero-order valence-corrected chi connectivity index (χ0v) is 18.2. The Balaban J connectivity index is 1.64. The van der Waals surface area contributed by atoms with E-state index in [1.807, 2.05) is 6.07 Å². The predicted octanol–water partition coefficient (Wildman–Crippen LogP) is 5.00. The van der Waals surface area contributed by atoms with Crippen molar-refractivity contribution < 1.29 is 28.3 Å². The third-order valence-electron chi connectivity index (χ3n) is 5.71. The molecule has 0 saturated carbocycles. The molecule has 168 valence electrons. The lowest BCUT2D eigenvalue weighted by Gasteiger charge is -2.24. The Kier molecular flexibility index (Phi) is 4.95. The van der Waals surface area contributed by atoms with Crippen LogP contribution in [-0.2, 0) is 4.79 Å². The number of fused-ring (bicyclic) bond motifs is 1. The van der Waals surface area contributed by atoms with Crippen LogP contribution < -0.4 is 9.64 Å². The second-order valence-electron chi connectivity index (χ2n) is 7.77. The fourth-order valence-electron chi connectivity index (χ4n) is 4.11. The molecule has 2 aromatic heterocycles. The molecule has 34 heavy (non-hydrogen) atoms. The van der Waals surface area contributed by atoms with E-state index in [9.17, 15) is 14.7 Å². The number of furan rings is 2. The third-order valence-corrected chi connectivity index (χ3v) is 5.71. The number of methoxy groups -OCH3 is 1. The smallest absolute Gasteiger partial charge is 0.294 e. The number of ether oxygens (including phenoxy) is 1. The third kappa shape index (κ3) is 3.22. The van der Waals surface area contributed by atoms with Crippen molar-refractivity contribution in [1.29, 1.82) is 5.26 Å². The number of hydrogen-bond acceptors (Lipinski definition) is 7. The maximum atomic E-state index is 13.6. The van der Waals surface area contributed by atoms with E-state index in [-0.39, 0.29) is 11.3 Å². The second kappa shape index (κ2) is 7.98. The van der Waals surface area contributed by atoms with E-state index in [2.05, 4.69) is 0 Å². The lowest BCUT2D eigenvalue weighted by molar-refractivity contribution is -0.117. The Bertz CT molecular complexity index is 1520. The van der Waals surface area contributed by atoms with E-state index in [1.54, 1.807) is 67.6 Å². The van der Waals surface area contributed by atoms with Crippen molar-refractivity contribution in [3.05, 3.63) is 94.8 Å². The largest absolute Gasteiger partial charge is 0.503 e. The number of amides is 1. The van der Waals surface area contributed by atoms with Crippen LogP contribution in [0.5, 0.6) is 5.75 Å². The van der Waals surface area contributed by atoms with Crippen LogP contribution in [0.15, 0.2) is 80.8 Å². The van der Waals surface area contributed by atoms with Gasteiger partial charge in [-0.2, -0.15) is 5.26 Å². The monoisotopic (exact) mass is 454 g/mol. The number of anilines is 1. The van der Waals surface area contributed by atoms with Crippen molar-refractivity contribution in [2.75, 3.05) is 12.0 Å². The van der Waals surface area contributed by atoms with Crippen molar-refractivity contribution >= 4 is 28.3 Å². The summed E-state index contributed by atoms with van der Waals surface area (Å²) in [6.45, 7) is 1.74. The normalized spacial score (nSPS) is 15.7. The van der Waals surface area contributed by atoms with Crippen molar-refractivity contribution in [2.24, 2.45) is 0 Å². The summed E-state index contributed by atoms with van der Waals surface area (Å²) in [7, 11) is 1.49. The molecule has 1 aliphatic rings. The van der Waals surface area contributed by atoms with Crippen molar-refractivity contribution in [2.45, 2.75) is 13.0 Å². The van der Waals surface area contributed by atoms with E-state index in [4.69, 9.17) is 18.8 Å². The van der Waals surface area contributed by atoms with Crippen molar-refractivity contribution in [3.63, 3.8) is 0 Å². The molecule has 1 amide bonds.